The third-order valence-corrected chi connectivity index (χ3v) is 5.07. The number of anilines is 2. The van der Waals surface area contributed by atoms with Crippen LogP contribution in [0.5, 0.6) is 5.75 Å². The van der Waals surface area contributed by atoms with Crippen molar-refractivity contribution in [1.29, 1.82) is 0 Å². The predicted octanol–water partition coefficient (Wildman–Crippen LogP) is 2.68. The molecule has 0 unspecified atom stereocenters. The van der Waals surface area contributed by atoms with Crippen molar-refractivity contribution < 1.29 is 9.50 Å². The minimum Gasteiger partial charge on any atom is -0.508 e. The molecule has 1 aliphatic rings. The van der Waals surface area contributed by atoms with Crippen LogP contribution in [0.4, 0.5) is 16.3 Å². The van der Waals surface area contributed by atoms with E-state index in [9.17, 15) is 9.50 Å². The molecule has 4 rings (SSSR count). The van der Waals surface area contributed by atoms with Crippen LogP contribution in [0, 0.1) is 5.82 Å². The summed E-state index contributed by atoms with van der Waals surface area (Å²) in [7, 11) is 0. The van der Waals surface area contributed by atoms with Crippen molar-refractivity contribution in [2.45, 2.75) is 19.5 Å². The van der Waals surface area contributed by atoms with Crippen molar-refractivity contribution in [3.63, 3.8) is 0 Å². The minimum atomic E-state index is -0.177. The maximum absolute atomic E-state index is 14.0. The van der Waals surface area contributed by atoms with Gasteiger partial charge in [0, 0.05) is 43.3 Å². The van der Waals surface area contributed by atoms with E-state index >= 15 is 0 Å². The SMILES string of the molecule is C[C@H]1CN(Cc2ccccc2F)CCN1c1nc(N)nc(-c2cccc(O)c2)n1. The summed E-state index contributed by atoms with van der Waals surface area (Å²) in [6.07, 6.45) is 0. The van der Waals surface area contributed by atoms with Gasteiger partial charge in [-0.15, -0.1) is 0 Å². The number of rotatable bonds is 4. The summed E-state index contributed by atoms with van der Waals surface area (Å²) in [5.74, 6) is 1.02. The van der Waals surface area contributed by atoms with Gasteiger partial charge in [-0.1, -0.05) is 30.3 Å². The number of phenols is 1. The van der Waals surface area contributed by atoms with Crippen LogP contribution in [-0.2, 0) is 6.54 Å². The van der Waals surface area contributed by atoms with E-state index in [1.807, 2.05) is 18.2 Å². The Morgan fingerprint density at radius 2 is 1.93 bits per heavy atom. The smallest absolute Gasteiger partial charge is 0.231 e. The molecule has 0 amide bonds. The van der Waals surface area contributed by atoms with Crippen molar-refractivity contribution >= 4 is 11.9 Å². The molecule has 1 aromatic heterocycles. The number of halogens is 1. The molecule has 0 radical (unpaired) electrons. The first-order chi connectivity index (χ1) is 14.0. The summed E-state index contributed by atoms with van der Waals surface area (Å²) in [6.45, 7) is 4.85. The number of phenolic OH excluding ortho intramolecular Hbond substituents is 1. The standard InChI is InChI=1S/C21H23FN6O/c1-14-12-27(13-16-5-2-3-8-18(16)22)9-10-28(14)21-25-19(24-20(23)26-21)15-6-4-7-17(29)11-15/h2-8,11,14,29H,9-10,12-13H2,1H3,(H2,23,24,25,26)/t14-/m0/s1. The Bertz CT molecular complexity index is 1010. The molecule has 150 valence electrons. The molecule has 1 fully saturated rings. The molecule has 0 bridgehead atoms. The highest BCUT2D eigenvalue weighted by Crippen LogP contribution is 2.24. The van der Waals surface area contributed by atoms with Crippen LogP contribution in [-0.4, -0.2) is 50.6 Å². The number of aromatic hydroxyl groups is 1. The molecule has 0 aliphatic carbocycles. The van der Waals surface area contributed by atoms with Crippen LogP contribution in [0.15, 0.2) is 48.5 Å². The summed E-state index contributed by atoms with van der Waals surface area (Å²) in [6, 6.07) is 13.7. The van der Waals surface area contributed by atoms with E-state index in [2.05, 4.69) is 31.7 Å². The number of piperazine rings is 1. The van der Waals surface area contributed by atoms with E-state index in [4.69, 9.17) is 5.73 Å². The molecule has 3 aromatic rings. The van der Waals surface area contributed by atoms with Gasteiger partial charge in [0.1, 0.15) is 11.6 Å². The second kappa shape index (κ2) is 8.00. The Morgan fingerprint density at radius 1 is 1.10 bits per heavy atom. The summed E-state index contributed by atoms with van der Waals surface area (Å²) in [5.41, 5.74) is 7.30. The lowest BCUT2D eigenvalue weighted by molar-refractivity contribution is 0.217. The molecule has 2 heterocycles. The van der Waals surface area contributed by atoms with Gasteiger partial charge in [-0.3, -0.25) is 4.90 Å². The molecule has 8 heteroatoms. The van der Waals surface area contributed by atoms with E-state index < -0.39 is 0 Å². The first-order valence-electron chi connectivity index (χ1n) is 9.53. The van der Waals surface area contributed by atoms with Gasteiger partial charge in [0.05, 0.1) is 0 Å². The number of hydrogen-bond donors (Lipinski definition) is 2. The van der Waals surface area contributed by atoms with E-state index in [0.717, 1.165) is 13.1 Å². The van der Waals surface area contributed by atoms with Crippen LogP contribution >= 0.6 is 0 Å². The summed E-state index contributed by atoms with van der Waals surface area (Å²) >= 11 is 0. The largest absolute Gasteiger partial charge is 0.508 e. The minimum absolute atomic E-state index is 0.120. The number of aromatic nitrogens is 3. The van der Waals surface area contributed by atoms with Gasteiger partial charge in [-0.2, -0.15) is 15.0 Å². The number of nitrogens with zero attached hydrogens (tertiary/aromatic N) is 5. The van der Waals surface area contributed by atoms with E-state index in [0.29, 0.717) is 36.0 Å². The number of hydrogen-bond acceptors (Lipinski definition) is 7. The van der Waals surface area contributed by atoms with Gasteiger partial charge >= 0.3 is 0 Å². The molecule has 2 aromatic carbocycles. The lowest BCUT2D eigenvalue weighted by Crippen LogP contribution is -2.52. The highest BCUT2D eigenvalue weighted by molar-refractivity contribution is 5.60. The highest BCUT2D eigenvalue weighted by atomic mass is 19.1. The Morgan fingerprint density at radius 3 is 2.69 bits per heavy atom. The molecular formula is C21H23FN6O. The molecule has 7 nitrogen and oxygen atoms in total. The van der Waals surface area contributed by atoms with Crippen molar-refractivity contribution in [2.75, 3.05) is 30.3 Å². The van der Waals surface area contributed by atoms with E-state index in [1.165, 1.54) is 6.07 Å². The molecule has 1 atom stereocenters. The number of nitrogens with two attached hydrogens (primary N) is 1. The van der Waals surface area contributed by atoms with Gasteiger partial charge in [0.2, 0.25) is 11.9 Å². The van der Waals surface area contributed by atoms with Crippen molar-refractivity contribution in [3.05, 3.63) is 59.9 Å². The summed E-state index contributed by atoms with van der Waals surface area (Å²) in [4.78, 5) is 17.4. The van der Waals surface area contributed by atoms with Crippen LogP contribution in [0.2, 0.25) is 0 Å². The predicted molar refractivity (Wildman–Crippen MR) is 110 cm³/mol. The lowest BCUT2D eigenvalue weighted by atomic mass is 10.1. The van der Waals surface area contributed by atoms with Crippen LogP contribution in [0.3, 0.4) is 0 Å². The molecule has 29 heavy (non-hydrogen) atoms. The highest BCUT2D eigenvalue weighted by Gasteiger charge is 2.27. The summed E-state index contributed by atoms with van der Waals surface area (Å²) < 4.78 is 14.0. The van der Waals surface area contributed by atoms with Crippen LogP contribution in [0.1, 0.15) is 12.5 Å². The molecule has 0 spiro atoms. The fourth-order valence-corrected chi connectivity index (χ4v) is 3.62. The van der Waals surface area contributed by atoms with E-state index in [-0.39, 0.29) is 23.6 Å². The topological polar surface area (TPSA) is 91.4 Å². The average molecular weight is 394 g/mol. The van der Waals surface area contributed by atoms with Crippen molar-refractivity contribution in [1.82, 2.24) is 19.9 Å². The van der Waals surface area contributed by atoms with Gasteiger partial charge in [-0.05, 0) is 25.1 Å². The second-order valence-electron chi connectivity index (χ2n) is 7.24. The lowest BCUT2D eigenvalue weighted by Gasteiger charge is -2.40. The zero-order valence-corrected chi connectivity index (χ0v) is 16.2. The van der Waals surface area contributed by atoms with Gasteiger partial charge < -0.3 is 15.7 Å². The van der Waals surface area contributed by atoms with E-state index in [1.54, 1.807) is 24.3 Å². The zero-order valence-electron chi connectivity index (χ0n) is 16.2. The Kier molecular flexibility index (Phi) is 5.26. The van der Waals surface area contributed by atoms with Crippen LogP contribution in [0.25, 0.3) is 11.4 Å². The Balaban J connectivity index is 1.52. The number of nitrogen functional groups attached to an aromatic ring is 1. The molecular weight excluding hydrogens is 371 g/mol. The zero-order chi connectivity index (χ0) is 20.4. The normalized spacial score (nSPS) is 17.4. The fourth-order valence-electron chi connectivity index (χ4n) is 3.62. The monoisotopic (exact) mass is 394 g/mol. The van der Waals surface area contributed by atoms with Gasteiger partial charge in [0.15, 0.2) is 5.82 Å². The molecule has 1 aliphatic heterocycles. The Hall–Kier alpha value is -3.26. The first-order valence-corrected chi connectivity index (χ1v) is 9.53. The third-order valence-electron chi connectivity index (χ3n) is 5.07. The van der Waals surface area contributed by atoms with Crippen molar-refractivity contribution in [3.8, 4) is 17.1 Å². The molecule has 0 saturated carbocycles. The quantitative estimate of drug-likeness (QED) is 0.703. The maximum atomic E-state index is 14.0. The molecule has 1 saturated heterocycles. The molecule has 3 N–H and O–H groups in total. The third kappa shape index (κ3) is 4.27. The fraction of sp³-hybridized carbons (Fsp3) is 0.286. The average Bonchev–Trinajstić information content (AvgIpc) is 2.69. The van der Waals surface area contributed by atoms with Gasteiger partial charge in [-0.25, -0.2) is 4.39 Å². The Labute approximate surface area is 168 Å². The second-order valence-corrected chi connectivity index (χ2v) is 7.24. The van der Waals surface area contributed by atoms with Gasteiger partial charge in [0.25, 0.3) is 0 Å². The number of benzene rings is 2. The summed E-state index contributed by atoms with van der Waals surface area (Å²) in [5, 5.41) is 9.73. The first kappa shape index (κ1) is 19.1. The maximum Gasteiger partial charge on any atom is 0.231 e. The van der Waals surface area contributed by atoms with Crippen molar-refractivity contribution in [2.24, 2.45) is 0 Å². The van der Waals surface area contributed by atoms with Crippen LogP contribution < -0.4 is 10.6 Å².